The molecule has 0 bridgehead atoms. The van der Waals surface area contributed by atoms with Gasteiger partial charge < -0.3 is 25.0 Å². The lowest BCUT2D eigenvalue weighted by Gasteiger charge is -2.37. The van der Waals surface area contributed by atoms with E-state index in [4.69, 9.17) is 9.47 Å². The zero-order valence-corrected chi connectivity index (χ0v) is 24.7. The van der Waals surface area contributed by atoms with E-state index in [1.807, 2.05) is 13.8 Å². The molecule has 0 radical (unpaired) electrons. The molecule has 2 fully saturated rings. The number of amides is 2. The maximum atomic E-state index is 13.6. The highest BCUT2D eigenvalue weighted by atomic mass is 19.4. The van der Waals surface area contributed by atoms with Gasteiger partial charge in [-0.1, -0.05) is 43.7 Å². The highest BCUT2D eigenvalue weighted by Gasteiger charge is 2.45. The molecule has 9 nitrogen and oxygen atoms in total. The Balaban J connectivity index is 1.26. The van der Waals surface area contributed by atoms with Gasteiger partial charge in [0.05, 0.1) is 43.2 Å². The molecule has 3 heterocycles. The van der Waals surface area contributed by atoms with E-state index in [1.54, 1.807) is 30.3 Å². The number of carbonyl (C=O) groups excluding carboxylic acids is 2. The van der Waals surface area contributed by atoms with Crippen molar-refractivity contribution in [2.75, 3.05) is 37.8 Å². The minimum atomic E-state index is -4.53. The molecular formula is C32H36F3N5O4. The van der Waals surface area contributed by atoms with Crippen LogP contribution in [0.1, 0.15) is 66.2 Å². The number of nitrogens with zero attached hydrogens (tertiary/aromatic N) is 3. The van der Waals surface area contributed by atoms with Crippen molar-refractivity contribution in [1.29, 1.82) is 0 Å². The number of hydrogen-bond acceptors (Lipinski definition) is 7. The van der Waals surface area contributed by atoms with Crippen LogP contribution in [-0.4, -0.2) is 55.1 Å². The molecule has 2 aliphatic rings. The number of hydrogen-bond donors (Lipinski definition) is 2. The molecule has 44 heavy (non-hydrogen) atoms. The van der Waals surface area contributed by atoms with E-state index in [0.29, 0.717) is 28.1 Å². The molecule has 1 spiro atoms. The van der Waals surface area contributed by atoms with E-state index in [0.717, 1.165) is 63.3 Å². The molecule has 2 amide bonds. The second-order valence-corrected chi connectivity index (χ2v) is 11.5. The lowest BCUT2D eigenvalue weighted by atomic mass is 9.85. The zero-order valence-electron chi connectivity index (χ0n) is 24.7. The van der Waals surface area contributed by atoms with Crippen LogP contribution in [0.25, 0.3) is 11.1 Å². The number of benzene rings is 2. The molecule has 0 aliphatic carbocycles. The Hall–Kier alpha value is -4.19. The van der Waals surface area contributed by atoms with E-state index < -0.39 is 23.9 Å². The van der Waals surface area contributed by atoms with Gasteiger partial charge in [0.1, 0.15) is 0 Å². The first-order chi connectivity index (χ1) is 21.1. The van der Waals surface area contributed by atoms with Crippen LogP contribution in [0.2, 0.25) is 0 Å². The van der Waals surface area contributed by atoms with E-state index in [2.05, 4.69) is 25.7 Å². The van der Waals surface area contributed by atoms with Crippen LogP contribution in [0.5, 0.6) is 0 Å². The minimum absolute atomic E-state index is 0.000781. The highest BCUT2D eigenvalue weighted by Crippen LogP contribution is 2.39. The smallest absolute Gasteiger partial charge is 0.416 e. The SMILES string of the molecule is CCCCOC(=O)NCc1ccc(C(F)(F)F)cc1-c1ccc([C@@H](C)NC(=O)c2cnnc(N3CCC4(COC4)C3)c2)cc1. The topological polar surface area (TPSA) is 106 Å². The summed E-state index contributed by atoms with van der Waals surface area (Å²) < 4.78 is 51.2. The van der Waals surface area contributed by atoms with Crippen LogP contribution in [-0.2, 0) is 22.2 Å². The molecule has 2 saturated heterocycles. The minimum Gasteiger partial charge on any atom is -0.450 e. The first kappa shape index (κ1) is 31.2. The molecule has 0 unspecified atom stereocenters. The Morgan fingerprint density at radius 2 is 1.91 bits per heavy atom. The molecule has 234 valence electrons. The Bertz CT molecular complexity index is 1480. The molecular weight excluding hydrogens is 575 g/mol. The summed E-state index contributed by atoms with van der Waals surface area (Å²) in [7, 11) is 0. The monoisotopic (exact) mass is 611 g/mol. The molecule has 1 atom stereocenters. The number of alkyl carbamates (subject to hydrolysis) is 1. The number of unbranched alkanes of at least 4 members (excludes halogenated alkanes) is 1. The number of anilines is 1. The molecule has 1 aromatic heterocycles. The van der Waals surface area contributed by atoms with E-state index in [1.165, 1.54) is 12.3 Å². The van der Waals surface area contributed by atoms with Crippen molar-refractivity contribution in [3.63, 3.8) is 0 Å². The van der Waals surface area contributed by atoms with Crippen molar-refractivity contribution >= 4 is 17.8 Å². The quantitative estimate of drug-likeness (QED) is 0.275. The van der Waals surface area contributed by atoms with Crippen molar-refractivity contribution in [3.8, 4) is 11.1 Å². The van der Waals surface area contributed by atoms with Gasteiger partial charge in [-0.15, -0.1) is 5.10 Å². The summed E-state index contributed by atoms with van der Waals surface area (Å²) in [6.45, 7) is 7.21. The van der Waals surface area contributed by atoms with Gasteiger partial charge in [-0.25, -0.2) is 4.79 Å². The Labute approximate surface area is 254 Å². The predicted molar refractivity (Wildman–Crippen MR) is 158 cm³/mol. The van der Waals surface area contributed by atoms with Gasteiger partial charge >= 0.3 is 12.3 Å². The van der Waals surface area contributed by atoms with E-state index >= 15 is 0 Å². The molecule has 0 saturated carbocycles. The van der Waals surface area contributed by atoms with Crippen LogP contribution in [0.15, 0.2) is 54.7 Å². The third-order valence-corrected chi connectivity index (χ3v) is 8.14. The predicted octanol–water partition coefficient (Wildman–Crippen LogP) is 5.91. The Kier molecular flexibility index (Phi) is 9.38. The lowest BCUT2D eigenvalue weighted by molar-refractivity contribution is -0.137. The maximum Gasteiger partial charge on any atom is 0.416 e. The molecule has 12 heteroatoms. The third-order valence-electron chi connectivity index (χ3n) is 8.14. The van der Waals surface area contributed by atoms with Gasteiger partial charge in [-0.2, -0.15) is 18.3 Å². The number of alkyl halides is 3. The second-order valence-electron chi connectivity index (χ2n) is 11.5. The third kappa shape index (κ3) is 7.29. The summed E-state index contributed by atoms with van der Waals surface area (Å²) >= 11 is 0. The number of aromatic nitrogens is 2. The Morgan fingerprint density at radius 1 is 1.14 bits per heavy atom. The van der Waals surface area contributed by atoms with Crippen molar-refractivity contribution in [3.05, 3.63) is 77.0 Å². The van der Waals surface area contributed by atoms with Crippen molar-refractivity contribution in [1.82, 2.24) is 20.8 Å². The summed E-state index contributed by atoms with van der Waals surface area (Å²) in [6.07, 6.45) is -1.12. The fourth-order valence-corrected chi connectivity index (χ4v) is 5.41. The van der Waals surface area contributed by atoms with Crippen LogP contribution in [0.4, 0.5) is 23.8 Å². The summed E-state index contributed by atoms with van der Waals surface area (Å²) in [6, 6.07) is 11.7. The van der Waals surface area contributed by atoms with Gasteiger partial charge in [0, 0.05) is 25.0 Å². The van der Waals surface area contributed by atoms with Gasteiger partial charge in [-0.05, 0) is 60.2 Å². The first-order valence-electron chi connectivity index (χ1n) is 14.7. The van der Waals surface area contributed by atoms with E-state index in [9.17, 15) is 22.8 Å². The molecule has 5 rings (SSSR count). The molecule has 2 N–H and O–H groups in total. The maximum absolute atomic E-state index is 13.6. The normalized spacial score (nSPS) is 16.3. The molecule has 2 aliphatic heterocycles. The van der Waals surface area contributed by atoms with Crippen LogP contribution in [0.3, 0.4) is 0 Å². The number of nitrogens with one attached hydrogen (secondary N) is 2. The van der Waals surface area contributed by atoms with Crippen LogP contribution < -0.4 is 15.5 Å². The zero-order chi connectivity index (χ0) is 31.3. The van der Waals surface area contributed by atoms with Crippen molar-refractivity contribution in [2.45, 2.75) is 51.9 Å². The second kappa shape index (κ2) is 13.2. The van der Waals surface area contributed by atoms with Gasteiger partial charge in [0.25, 0.3) is 5.91 Å². The van der Waals surface area contributed by atoms with Gasteiger partial charge in [0.2, 0.25) is 0 Å². The average Bonchev–Trinajstić information content (AvgIpc) is 3.47. The van der Waals surface area contributed by atoms with Crippen LogP contribution in [0, 0.1) is 5.41 Å². The summed E-state index contributed by atoms with van der Waals surface area (Å²) in [5.41, 5.74) is 1.92. The number of halogens is 3. The average molecular weight is 612 g/mol. The lowest BCUT2D eigenvalue weighted by Crippen LogP contribution is -2.44. The fourth-order valence-electron chi connectivity index (χ4n) is 5.41. The van der Waals surface area contributed by atoms with Crippen LogP contribution >= 0.6 is 0 Å². The summed E-state index contributed by atoms with van der Waals surface area (Å²) in [5, 5.41) is 13.9. The van der Waals surface area contributed by atoms with Crippen molar-refractivity contribution in [2.24, 2.45) is 5.41 Å². The first-order valence-corrected chi connectivity index (χ1v) is 14.7. The Morgan fingerprint density at radius 3 is 2.57 bits per heavy atom. The van der Waals surface area contributed by atoms with Crippen molar-refractivity contribution < 1.29 is 32.2 Å². The number of ether oxygens (including phenoxy) is 2. The van der Waals surface area contributed by atoms with Gasteiger partial charge in [0.15, 0.2) is 5.82 Å². The summed E-state index contributed by atoms with van der Waals surface area (Å²) in [5.74, 6) is 0.342. The summed E-state index contributed by atoms with van der Waals surface area (Å²) in [4.78, 5) is 27.3. The number of rotatable bonds is 10. The number of carbonyl (C=O) groups is 2. The van der Waals surface area contributed by atoms with E-state index in [-0.39, 0.29) is 24.5 Å². The standard InChI is InChI=1S/C32H36F3N5O4/c1-3-4-13-44-30(42)36-16-24-9-10-26(32(33,34)35)15-27(24)23-7-5-22(6-8-23)21(2)38-29(41)25-14-28(39-37-17-25)40-12-11-31(18-40)19-43-20-31/h5-10,14-15,17,21H,3-4,11-13,16,18-20H2,1-2H3,(H,36,42)(H,38,41)/t21-/m1/s1. The fraction of sp³-hybridized carbons (Fsp3) is 0.438. The molecule has 2 aromatic carbocycles. The largest absolute Gasteiger partial charge is 0.450 e. The molecule has 3 aromatic rings. The van der Waals surface area contributed by atoms with Gasteiger partial charge in [-0.3, -0.25) is 4.79 Å². The highest BCUT2D eigenvalue weighted by molar-refractivity contribution is 5.94.